The first-order chi connectivity index (χ1) is 8.52. The maximum atomic E-state index is 11.9. The fourth-order valence-corrected chi connectivity index (χ4v) is 1.68. The summed E-state index contributed by atoms with van der Waals surface area (Å²) in [7, 11) is 0. The number of nitrogens with one attached hydrogen (secondary N) is 1. The van der Waals surface area contributed by atoms with Gasteiger partial charge in [0.1, 0.15) is 6.04 Å². The summed E-state index contributed by atoms with van der Waals surface area (Å²) in [6.45, 7) is 4.50. The molecule has 0 aliphatic carbocycles. The second kappa shape index (κ2) is 6.52. The highest BCUT2D eigenvalue weighted by atomic mass is 16.2. The monoisotopic (exact) mass is 249 g/mol. The fraction of sp³-hybridized carbons (Fsp3) is 0.500. The average Bonchev–Trinajstić information content (AvgIpc) is 2.44. The van der Waals surface area contributed by atoms with Gasteiger partial charge in [-0.15, -0.1) is 0 Å². The Morgan fingerprint density at radius 3 is 2.33 bits per heavy atom. The van der Waals surface area contributed by atoms with E-state index in [0.29, 0.717) is 6.54 Å². The number of hydrogen-bond acceptors (Lipinski definition) is 3. The number of carbonyl (C=O) groups is 1. The van der Waals surface area contributed by atoms with E-state index < -0.39 is 6.04 Å². The Kier molecular flexibility index (Phi) is 5.31. The van der Waals surface area contributed by atoms with Crippen molar-refractivity contribution >= 4 is 5.91 Å². The molecule has 1 atom stereocenters. The van der Waals surface area contributed by atoms with E-state index in [0.717, 1.165) is 18.4 Å². The first kappa shape index (κ1) is 14.7. The van der Waals surface area contributed by atoms with Crippen LogP contribution >= 0.6 is 0 Å². The lowest BCUT2D eigenvalue weighted by Gasteiger charge is -2.27. The molecule has 0 aliphatic rings. The molecule has 1 amide bonds. The summed E-state index contributed by atoms with van der Waals surface area (Å²) >= 11 is 0. The molecule has 0 radical (unpaired) electrons. The predicted octanol–water partition coefficient (Wildman–Crippen LogP) is 1.32. The minimum absolute atomic E-state index is 0.182. The van der Waals surface area contributed by atoms with Gasteiger partial charge in [0.2, 0.25) is 5.91 Å². The Morgan fingerprint density at radius 1 is 1.28 bits per heavy atom. The molecule has 1 unspecified atom stereocenters. The quantitative estimate of drug-likeness (QED) is 0.711. The van der Waals surface area contributed by atoms with Crippen molar-refractivity contribution in [2.75, 3.05) is 6.54 Å². The number of amides is 1. The molecule has 0 saturated heterocycles. The number of hydrogen-bond donors (Lipinski definition) is 3. The Morgan fingerprint density at radius 2 is 1.83 bits per heavy atom. The first-order valence-corrected chi connectivity index (χ1v) is 6.39. The molecule has 1 aromatic rings. The maximum Gasteiger partial charge on any atom is 0.241 e. The SMILES string of the molecule is CCC(N)(CC)CNC(=O)C(N)c1ccccc1. The lowest BCUT2D eigenvalue weighted by Crippen LogP contribution is -2.50. The zero-order chi connectivity index (χ0) is 13.6. The molecular weight excluding hydrogens is 226 g/mol. The Labute approximate surface area is 109 Å². The first-order valence-electron chi connectivity index (χ1n) is 6.39. The van der Waals surface area contributed by atoms with Crippen LogP contribution in [0, 0.1) is 0 Å². The minimum atomic E-state index is -0.635. The van der Waals surface area contributed by atoms with Gasteiger partial charge in [0, 0.05) is 12.1 Å². The topological polar surface area (TPSA) is 81.1 Å². The highest BCUT2D eigenvalue weighted by Crippen LogP contribution is 2.12. The second-order valence-electron chi connectivity index (χ2n) is 4.68. The van der Waals surface area contributed by atoms with E-state index in [2.05, 4.69) is 5.32 Å². The molecule has 0 bridgehead atoms. The highest BCUT2D eigenvalue weighted by molar-refractivity contribution is 5.82. The van der Waals surface area contributed by atoms with Crippen molar-refractivity contribution < 1.29 is 4.79 Å². The van der Waals surface area contributed by atoms with Crippen molar-refractivity contribution in [1.82, 2.24) is 5.32 Å². The standard InChI is InChI=1S/C14H23N3O/c1-3-14(16,4-2)10-17-13(18)12(15)11-8-6-5-7-9-11/h5-9,12H,3-4,10,15-16H2,1-2H3,(H,17,18). The van der Waals surface area contributed by atoms with Crippen LogP contribution in [-0.4, -0.2) is 18.0 Å². The van der Waals surface area contributed by atoms with E-state index >= 15 is 0 Å². The molecule has 4 nitrogen and oxygen atoms in total. The maximum absolute atomic E-state index is 11.9. The molecule has 100 valence electrons. The molecule has 1 aromatic carbocycles. The summed E-state index contributed by atoms with van der Waals surface area (Å²) in [5.41, 5.74) is 12.5. The number of rotatable bonds is 6. The van der Waals surface area contributed by atoms with E-state index in [1.807, 2.05) is 44.2 Å². The summed E-state index contributed by atoms with van der Waals surface area (Å²) in [5.74, 6) is -0.182. The van der Waals surface area contributed by atoms with Gasteiger partial charge in [0.05, 0.1) is 0 Å². The van der Waals surface area contributed by atoms with Gasteiger partial charge in [-0.25, -0.2) is 0 Å². The van der Waals surface area contributed by atoms with Crippen LogP contribution in [-0.2, 0) is 4.79 Å². The summed E-state index contributed by atoms with van der Waals surface area (Å²) in [4.78, 5) is 11.9. The van der Waals surface area contributed by atoms with Crippen LogP contribution in [0.4, 0.5) is 0 Å². The van der Waals surface area contributed by atoms with E-state index in [9.17, 15) is 4.79 Å². The number of nitrogens with two attached hydrogens (primary N) is 2. The van der Waals surface area contributed by atoms with Gasteiger partial charge < -0.3 is 16.8 Å². The predicted molar refractivity (Wildman–Crippen MR) is 73.9 cm³/mol. The zero-order valence-electron chi connectivity index (χ0n) is 11.1. The van der Waals surface area contributed by atoms with Crippen LogP contribution in [0.15, 0.2) is 30.3 Å². The lowest BCUT2D eigenvalue weighted by atomic mass is 9.94. The number of benzene rings is 1. The van der Waals surface area contributed by atoms with Gasteiger partial charge in [-0.05, 0) is 18.4 Å². The van der Waals surface area contributed by atoms with Crippen LogP contribution in [0.2, 0.25) is 0 Å². The third kappa shape index (κ3) is 3.82. The minimum Gasteiger partial charge on any atom is -0.353 e. The van der Waals surface area contributed by atoms with Crippen molar-refractivity contribution in [3.05, 3.63) is 35.9 Å². The molecule has 1 rings (SSSR count). The molecule has 0 aromatic heterocycles. The molecule has 5 N–H and O–H groups in total. The van der Waals surface area contributed by atoms with Crippen molar-refractivity contribution in [3.8, 4) is 0 Å². The smallest absolute Gasteiger partial charge is 0.241 e. The molecule has 0 heterocycles. The van der Waals surface area contributed by atoms with E-state index in [1.165, 1.54) is 0 Å². The van der Waals surface area contributed by atoms with Gasteiger partial charge >= 0.3 is 0 Å². The number of carbonyl (C=O) groups excluding carboxylic acids is 1. The van der Waals surface area contributed by atoms with Crippen LogP contribution in [0.1, 0.15) is 38.3 Å². The summed E-state index contributed by atoms with van der Waals surface area (Å²) < 4.78 is 0. The lowest BCUT2D eigenvalue weighted by molar-refractivity contribution is -0.122. The Bertz CT molecular complexity index is 374. The molecule has 18 heavy (non-hydrogen) atoms. The van der Waals surface area contributed by atoms with E-state index in [4.69, 9.17) is 11.5 Å². The van der Waals surface area contributed by atoms with E-state index in [1.54, 1.807) is 0 Å². The summed E-state index contributed by atoms with van der Waals surface area (Å²) in [6.07, 6.45) is 1.65. The third-order valence-electron chi connectivity index (χ3n) is 3.46. The van der Waals surface area contributed by atoms with Crippen LogP contribution < -0.4 is 16.8 Å². The van der Waals surface area contributed by atoms with Gasteiger partial charge in [0.15, 0.2) is 0 Å². The normalized spacial score (nSPS) is 13.1. The van der Waals surface area contributed by atoms with Gasteiger partial charge in [-0.1, -0.05) is 44.2 Å². The second-order valence-corrected chi connectivity index (χ2v) is 4.68. The Hall–Kier alpha value is -1.39. The summed E-state index contributed by atoms with van der Waals surface area (Å²) in [5, 5.41) is 2.83. The van der Waals surface area contributed by atoms with Gasteiger partial charge in [0.25, 0.3) is 0 Å². The molecular formula is C14H23N3O. The van der Waals surface area contributed by atoms with Crippen molar-refractivity contribution in [2.24, 2.45) is 11.5 Å². The van der Waals surface area contributed by atoms with Crippen LogP contribution in [0.3, 0.4) is 0 Å². The van der Waals surface area contributed by atoms with Crippen molar-refractivity contribution in [2.45, 2.75) is 38.3 Å². The van der Waals surface area contributed by atoms with Gasteiger partial charge in [-0.3, -0.25) is 4.79 Å². The van der Waals surface area contributed by atoms with Crippen LogP contribution in [0.25, 0.3) is 0 Å². The average molecular weight is 249 g/mol. The fourth-order valence-electron chi connectivity index (χ4n) is 1.68. The molecule has 0 spiro atoms. The van der Waals surface area contributed by atoms with Crippen molar-refractivity contribution in [3.63, 3.8) is 0 Å². The van der Waals surface area contributed by atoms with Crippen LogP contribution in [0.5, 0.6) is 0 Å². The van der Waals surface area contributed by atoms with Gasteiger partial charge in [-0.2, -0.15) is 0 Å². The summed E-state index contributed by atoms with van der Waals surface area (Å²) in [6, 6.07) is 8.69. The van der Waals surface area contributed by atoms with Crippen molar-refractivity contribution in [1.29, 1.82) is 0 Å². The molecule has 0 saturated carbocycles. The zero-order valence-corrected chi connectivity index (χ0v) is 11.1. The highest BCUT2D eigenvalue weighted by Gasteiger charge is 2.23. The van der Waals surface area contributed by atoms with E-state index in [-0.39, 0.29) is 11.4 Å². The Balaban J connectivity index is 2.56. The largest absolute Gasteiger partial charge is 0.353 e. The molecule has 0 fully saturated rings. The molecule has 0 aliphatic heterocycles. The third-order valence-corrected chi connectivity index (χ3v) is 3.46. The molecule has 4 heteroatoms.